The molecule has 1 aromatic carbocycles. The summed E-state index contributed by atoms with van der Waals surface area (Å²) in [4.78, 5) is 33.9. The minimum atomic E-state index is -1.04. The number of piperazine rings is 1. The molecular formula is C26H32FN5O3. The second-order valence-electron chi connectivity index (χ2n) is 9.86. The molecular weight excluding hydrogens is 449 g/mol. The molecule has 1 N–H and O–H groups in total. The second kappa shape index (κ2) is 9.73. The van der Waals surface area contributed by atoms with Crippen molar-refractivity contribution >= 4 is 17.5 Å². The number of halogens is 1. The van der Waals surface area contributed by atoms with Crippen molar-refractivity contribution in [3.05, 3.63) is 53.6 Å². The van der Waals surface area contributed by atoms with Crippen LogP contribution in [0.4, 0.5) is 4.39 Å². The van der Waals surface area contributed by atoms with Crippen LogP contribution in [0.3, 0.4) is 0 Å². The van der Waals surface area contributed by atoms with Crippen molar-refractivity contribution in [3.8, 4) is 11.3 Å². The lowest BCUT2D eigenvalue weighted by Crippen LogP contribution is -2.57. The van der Waals surface area contributed by atoms with Crippen LogP contribution < -0.4 is 0 Å². The number of rotatable bonds is 5. The molecule has 0 radical (unpaired) electrons. The molecule has 8 nitrogen and oxygen atoms in total. The highest BCUT2D eigenvalue weighted by Gasteiger charge is 2.34. The van der Waals surface area contributed by atoms with Gasteiger partial charge in [0.2, 0.25) is 0 Å². The van der Waals surface area contributed by atoms with Gasteiger partial charge in [-0.25, -0.2) is 13.9 Å². The van der Waals surface area contributed by atoms with Gasteiger partial charge in [-0.05, 0) is 49.1 Å². The van der Waals surface area contributed by atoms with E-state index in [4.69, 9.17) is 0 Å². The fourth-order valence-electron chi connectivity index (χ4n) is 4.37. The van der Waals surface area contributed by atoms with Crippen molar-refractivity contribution in [1.29, 1.82) is 0 Å². The van der Waals surface area contributed by atoms with E-state index >= 15 is 0 Å². The Morgan fingerprint density at radius 2 is 1.80 bits per heavy atom. The number of aliphatic hydroxyl groups excluding tert-OH is 1. The summed E-state index contributed by atoms with van der Waals surface area (Å²) in [6.07, 6.45) is 0.585. The lowest BCUT2D eigenvalue weighted by molar-refractivity contribution is -0.144. The molecule has 4 rings (SSSR count). The molecule has 3 heterocycles. The number of benzene rings is 1. The number of hydrogen-bond acceptors (Lipinski definition) is 5. The smallest absolute Gasteiger partial charge is 0.274 e. The van der Waals surface area contributed by atoms with Crippen molar-refractivity contribution in [2.24, 2.45) is 5.92 Å². The van der Waals surface area contributed by atoms with Crippen LogP contribution in [0.25, 0.3) is 16.9 Å². The zero-order valence-corrected chi connectivity index (χ0v) is 20.8. The van der Waals surface area contributed by atoms with Gasteiger partial charge in [-0.1, -0.05) is 27.7 Å². The van der Waals surface area contributed by atoms with E-state index in [1.54, 1.807) is 46.5 Å². The van der Waals surface area contributed by atoms with Crippen LogP contribution in [-0.2, 0) is 4.79 Å². The second-order valence-corrected chi connectivity index (χ2v) is 9.86. The minimum absolute atomic E-state index is 0.130. The Balaban J connectivity index is 1.60. The van der Waals surface area contributed by atoms with Crippen LogP contribution in [0, 0.1) is 11.7 Å². The zero-order chi connectivity index (χ0) is 25.4. The van der Waals surface area contributed by atoms with Gasteiger partial charge < -0.3 is 14.9 Å². The highest BCUT2D eigenvalue weighted by molar-refractivity contribution is 5.93. The molecule has 0 saturated carbocycles. The summed E-state index contributed by atoms with van der Waals surface area (Å²) < 4.78 is 15.0. The molecule has 35 heavy (non-hydrogen) atoms. The maximum absolute atomic E-state index is 13.4. The van der Waals surface area contributed by atoms with Gasteiger partial charge >= 0.3 is 0 Å². The van der Waals surface area contributed by atoms with Gasteiger partial charge in [-0.3, -0.25) is 9.59 Å². The predicted octanol–water partition coefficient (Wildman–Crippen LogP) is 3.35. The average Bonchev–Trinajstić information content (AvgIpc) is 3.26. The van der Waals surface area contributed by atoms with Crippen LogP contribution in [0.5, 0.6) is 0 Å². The normalized spacial score (nSPS) is 17.5. The van der Waals surface area contributed by atoms with E-state index in [0.29, 0.717) is 31.0 Å². The van der Waals surface area contributed by atoms with Crippen LogP contribution in [0.1, 0.15) is 56.6 Å². The molecule has 0 bridgehead atoms. The topological polar surface area (TPSA) is 91.0 Å². The fourth-order valence-corrected chi connectivity index (χ4v) is 4.37. The number of carbonyl (C=O) groups is 2. The van der Waals surface area contributed by atoms with Gasteiger partial charge in [0.15, 0.2) is 5.65 Å². The maximum atomic E-state index is 13.4. The van der Waals surface area contributed by atoms with E-state index in [1.165, 1.54) is 12.1 Å². The minimum Gasteiger partial charge on any atom is -0.383 e. The molecule has 3 aromatic rings. The summed E-state index contributed by atoms with van der Waals surface area (Å²) in [6, 6.07) is 7.85. The number of imidazole rings is 1. The Morgan fingerprint density at radius 3 is 2.40 bits per heavy atom. The number of carbonyl (C=O) groups excluding carboxylic acids is 2. The number of aliphatic hydroxyl groups is 1. The van der Waals surface area contributed by atoms with Crippen molar-refractivity contribution in [2.45, 2.75) is 52.7 Å². The number of fused-ring (bicyclic) bond motifs is 1. The highest BCUT2D eigenvalue weighted by atomic mass is 19.1. The molecule has 1 aliphatic rings. The van der Waals surface area contributed by atoms with E-state index in [9.17, 15) is 19.1 Å². The van der Waals surface area contributed by atoms with Crippen molar-refractivity contribution in [1.82, 2.24) is 24.4 Å². The third-order valence-corrected chi connectivity index (χ3v) is 6.52. The standard InChI is InChI=1S/C26H32FN5O3/c1-15(2)20-12-21(18-6-8-19(27)9-7-18)29-32-14-22(28-24(20)32)25(34)31-11-10-30(13-17(31)5)26(35)23(33)16(3)4/h6-9,12,14-17,23,33H,10-11,13H2,1-5H3/t17-,23?/m1/s1. The first-order valence-corrected chi connectivity index (χ1v) is 12.0. The van der Waals surface area contributed by atoms with Crippen molar-refractivity contribution in [2.75, 3.05) is 19.6 Å². The summed E-state index contributed by atoms with van der Waals surface area (Å²) >= 11 is 0. The Hall–Kier alpha value is -3.33. The van der Waals surface area contributed by atoms with Gasteiger partial charge in [-0.2, -0.15) is 5.10 Å². The van der Waals surface area contributed by atoms with Gasteiger partial charge in [0.05, 0.1) is 11.9 Å². The molecule has 9 heteroatoms. The van der Waals surface area contributed by atoms with E-state index in [-0.39, 0.29) is 41.2 Å². The third kappa shape index (κ3) is 4.91. The van der Waals surface area contributed by atoms with Crippen molar-refractivity contribution in [3.63, 3.8) is 0 Å². The van der Waals surface area contributed by atoms with Crippen LogP contribution in [0.15, 0.2) is 36.5 Å². The van der Waals surface area contributed by atoms with E-state index in [2.05, 4.69) is 10.1 Å². The molecule has 0 spiro atoms. The molecule has 1 fully saturated rings. The van der Waals surface area contributed by atoms with Crippen LogP contribution >= 0.6 is 0 Å². The zero-order valence-electron chi connectivity index (χ0n) is 20.8. The SMILES string of the molecule is CC(C)c1cc(-c2ccc(F)cc2)nn2cc(C(=O)N3CCN(C(=O)C(O)C(C)C)C[C@H]3C)nc12. The van der Waals surface area contributed by atoms with Crippen molar-refractivity contribution < 1.29 is 19.1 Å². The predicted molar refractivity (Wildman–Crippen MR) is 130 cm³/mol. The first kappa shape index (κ1) is 24.8. The Labute approximate surface area is 204 Å². The monoisotopic (exact) mass is 481 g/mol. The van der Waals surface area contributed by atoms with Gasteiger partial charge in [-0.15, -0.1) is 0 Å². The Morgan fingerprint density at radius 1 is 1.11 bits per heavy atom. The third-order valence-electron chi connectivity index (χ3n) is 6.52. The lowest BCUT2D eigenvalue weighted by Gasteiger charge is -2.40. The Kier molecular flexibility index (Phi) is 6.89. The summed E-state index contributed by atoms with van der Waals surface area (Å²) in [5, 5.41) is 14.8. The van der Waals surface area contributed by atoms with Crippen LogP contribution in [0.2, 0.25) is 0 Å². The molecule has 2 atom stereocenters. The first-order valence-electron chi connectivity index (χ1n) is 12.0. The average molecular weight is 482 g/mol. The molecule has 186 valence electrons. The van der Waals surface area contributed by atoms with E-state index in [0.717, 1.165) is 11.1 Å². The Bertz CT molecular complexity index is 1240. The first-order chi connectivity index (χ1) is 16.6. The summed E-state index contributed by atoms with van der Waals surface area (Å²) in [5.41, 5.74) is 3.27. The van der Waals surface area contributed by atoms with E-state index < -0.39 is 6.10 Å². The van der Waals surface area contributed by atoms with Gasteiger partial charge in [0.1, 0.15) is 17.6 Å². The number of nitrogens with zero attached hydrogens (tertiary/aromatic N) is 5. The molecule has 1 unspecified atom stereocenters. The fraction of sp³-hybridized carbons (Fsp3) is 0.462. The molecule has 0 aliphatic carbocycles. The molecule has 1 saturated heterocycles. The summed E-state index contributed by atoms with van der Waals surface area (Å²) in [6.45, 7) is 10.6. The number of aromatic nitrogens is 3. The largest absolute Gasteiger partial charge is 0.383 e. The lowest BCUT2D eigenvalue weighted by atomic mass is 10.0. The van der Waals surface area contributed by atoms with Crippen LogP contribution in [-0.4, -0.2) is 73.1 Å². The summed E-state index contributed by atoms with van der Waals surface area (Å²) in [7, 11) is 0. The highest BCUT2D eigenvalue weighted by Crippen LogP contribution is 2.26. The number of amides is 2. The molecule has 2 aromatic heterocycles. The quantitative estimate of drug-likeness (QED) is 0.604. The van der Waals surface area contributed by atoms with E-state index in [1.807, 2.05) is 26.8 Å². The van der Waals surface area contributed by atoms with Gasteiger partial charge in [0, 0.05) is 36.8 Å². The van der Waals surface area contributed by atoms with Gasteiger partial charge in [0.25, 0.3) is 11.8 Å². The summed E-state index contributed by atoms with van der Waals surface area (Å²) in [5.74, 6) is -0.879. The number of hydrogen-bond donors (Lipinski definition) is 1. The maximum Gasteiger partial charge on any atom is 0.274 e. The molecule has 1 aliphatic heterocycles. The molecule has 2 amide bonds.